The highest BCUT2D eigenvalue weighted by Gasteiger charge is 2.29. The second kappa shape index (κ2) is 11.3. The first-order chi connectivity index (χ1) is 18.9. The smallest absolute Gasteiger partial charge is 0.328 e. The minimum Gasteiger partial charge on any atom is -0.380 e. The van der Waals surface area contributed by atoms with E-state index in [4.69, 9.17) is 4.74 Å². The molecule has 2 saturated heterocycles. The maximum absolute atomic E-state index is 13.4. The number of likely N-dealkylation sites (N-methyl/N-ethyl adjacent to an activating group) is 1. The summed E-state index contributed by atoms with van der Waals surface area (Å²) in [7, 11) is 3.58. The number of fused-ring (bicyclic) bond motifs is 1. The van der Waals surface area contributed by atoms with Gasteiger partial charge in [0.1, 0.15) is 23.4 Å². The lowest BCUT2D eigenvalue weighted by atomic mass is 10.0. The molecule has 1 N–H and O–H groups in total. The number of nitrogens with one attached hydrogen (secondary N) is 1. The molecule has 39 heavy (non-hydrogen) atoms. The fourth-order valence-corrected chi connectivity index (χ4v) is 5.36. The number of pyridine rings is 2. The van der Waals surface area contributed by atoms with Crippen LogP contribution >= 0.6 is 0 Å². The Balaban J connectivity index is 1.35. The zero-order valence-corrected chi connectivity index (χ0v) is 22.2. The number of amides is 3. The Bertz CT molecular complexity index is 1330. The van der Waals surface area contributed by atoms with Crippen LogP contribution in [-0.4, -0.2) is 97.5 Å². The number of hydrogen-bond acceptors (Lipinski definition) is 9. The number of aldehydes is 1. The van der Waals surface area contributed by atoms with Crippen molar-refractivity contribution < 1.29 is 19.1 Å². The number of nitrogens with zero attached hydrogens (tertiary/aromatic N) is 7. The molecule has 204 valence electrons. The first-order valence-electron chi connectivity index (χ1n) is 13.1. The first kappa shape index (κ1) is 26.5. The Labute approximate surface area is 227 Å². The van der Waals surface area contributed by atoms with E-state index in [0.717, 1.165) is 31.5 Å². The van der Waals surface area contributed by atoms with E-state index >= 15 is 0 Å². The maximum atomic E-state index is 13.4. The van der Waals surface area contributed by atoms with Crippen molar-refractivity contribution in [2.45, 2.75) is 31.9 Å². The van der Waals surface area contributed by atoms with Gasteiger partial charge in [0.25, 0.3) is 0 Å². The summed E-state index contributed by atoms with van der Waals surface area (Å²) in [6, 6.07) is 5.37. The van der Waals surface area contributed by atoms with Gasteiger partial charge in [-0.1, -0.05) is 0 Å². The zero-order chi connectivity index (χ0) is 27.5. The number of piperazine rings is 1. The van der Waals surface area contributed by atoms with Crippen molar-refractivity contribution in [3.8, 4) is 6.07 Å². The van der Waals surface area contributed by atoms with Crippen molar-refractivity contribution in [1.82, 2.24) is 19.8 Å². The van der Waals surface area contributed by atoms with Crippen LogP contribution in [0.25, 0.3) is 0 Å². The van der Waals surface area contributed by atoms with E-state index in [0.29, 0.717) is 73.9 Å². The number of carbonyl (C=O) groups is 3. The zero-order valence-electron chi connectivity index (χ0n) is 22.2. The van der Waals surface area contributed by atoms with Gasteiger partial charge in [0.2, 0.25) is 5.91 Å². The number of nitriles is 1. The monoisotopic (exact) mass is 532 g/mol. The van der Waals surface area contributed by atoms with Gasteiger partial charge in [-0.2, -0.15) is 5.26 Å². The van der Waals surface area contributed by atoms with Crippen molar-refractivity contribution in [1.29, 1.82) is 5.26 Å². The highest BCUT2D eigenvalue weighted by molar-refractivity contribution is 6.02. The number of aryl methyl sites for hydroxylation is 1. The van der Waals surface area contributed by atoms with Crippen LogP contribution in [0.4, 0.5) is 22.1 Å². The van der Waals surface area contributed by atoms with Crippen LogP contribution in [0, 0.1) is 11.3 Å². The summed E-state index contributed by atoms with van der Waals surface area (Å²) < 4.78 is 5.45. The van der Waals surface area contributed by atoms with Gasteiger partial charge in [-0.05, 0) is 37.9 Å². The van der Waals surface area contributed by atoms with Crippen LogP contribution in [0.3, 0.4) is 0 Å². The summed E-state index contributed by atoms with van der Waals surface area (Å²) >= 11 is 0. The second-order valence-corrected chi connectivity index (χ2v) is 10.2. The van der Waals surface area contributed by atoms with Crippen LogP contribution in [0.1, 0.15) is 40.0 Å². The Morgan fingerprint density at radius 2 is 2.13 bits per heavy atom. The first-order valence-corrected chi connectivity index (χ1v) is 13.1. The molecule has 1 atom stereocenters. The van der Waals surface area contributed by atoms with Crippen LogP contribution < -0.4 is 15.1 Å². The van der Waals surface area contributed by atoms with Crippen molar-refractivity contribution >= 4 is 35.5 Å². The number of urea groups is 1. The number of carbonyl (C=O) groups excluding carboxylic acids is 3. The molecule has 0 aliphatic carbocycles. The molecular formula is C27H32N8O4. The van der Waals surface area contributed by atoms with E-state index in [2.05, 4.69) is 26.3 Å². The molecule has 2 fully saturated rings. The summed E-state index contributed by atoms with van der Waals surface area (Å²) in [5.41, 5.74) is 2.89. The summed E-state index contributed by atoms with van der Waals surface area (Å²) in [5, 5.41) is 12.4. The molecule has 2 aromatic heterocycles. The minimum atomic E-state index is -0.415. The molecule has 0 saturated carbocycles. The van der Waals surface area contributed by atoms with Gasteiger partial charge in [-0.15, -0.1) is 0 Å². The fourth-order valence-electron chi connectivity index (χ4n) is 5.36. The summed E-state index contributed by atoms with van der Waals surface area (Å²) in [6.45, 7) is 3.84. The predicted octanol–water partition coefficient (Wildman–Crippen LogP) is 1.64. The normalized spacial score (nSPS) is 19.6. The lowest BCUT2D eigenvalue weighted by Crippen LogP contribution is -2.48. The van der Waals surface area contributed by atoms with Gasteiger partial charge >= 0.3 is 6.03 Å². The van der Waals surface area contributed by atoms with Gasteiger partial charge in [0, 0.05) is 64.2 Å². The quantitative estimate of drug-likeness (QED) is 0.551. The molecule has 5 rings (SSSR count). The minimum absolute atomic E-state index is 0.0141. The lowest BCUT2D eigenvalue weighted by molar-refractivity contribution is -0.136. The van der Waals surface area contributed by atoms with Crippen molar-refractivity contribution in [2.75, 3.05) is 68.5 Å². The molecule has 3 aliphatic heterocycles. The molecule has 12 nitrogen and oxygen atoms in total. The van der Waals surface area contributed by atoms with E-state index in [-0.39, 0.29) is 17.7 Å². The van der Waals surface area contributed by atoms with Crippen LogP contribution in [-0.2, 0) is 22.5 Å². The number of methoxy groups -OCH3 is 1. The molecular weight excluding hydrogens is 500 g/mol. The molecule has 3 amide bonds. The Morgan fingerprint density at radius 3 is 2.85 bits per heavy atom. The van der Waals surface area contributed by atoms with Crippen LogP contribution in [0.15, 0.2) is 18.3 Å². The standard InChI is InChI=1S/C27H32N8O4/c1-32-8-9-34(25(37)16-32)14-19-10-18-4-3-6-35(26(18)30-22(19)17-36)27(38)31-24-11-23(20(12-28)13-29-24)33-7-5-21(15-33)39-2/h10-11,13,17,21H,3-9,14-16H2,1-2H3,(H,29,31,38)/t21-/m1/s1. The molecule has 0 unspecified atom stereocenters. The third kappa shape index (κ3) is 5.55. The second-order valence-electron chi connectivity index (χ2n) is 10.2. The van der Waals surface area contributed by atoms with E-state index in [1.165, 1.54) is 11.1 Å². The topological polar surface area (TPSA) is 135 Å². The molecule has 0 aromatic carbocycles. The highest BCUT2D eigenvalue weighted by Crippen LogP contribution is 2.30. The third-order valence-corrected chi connectivity index (χ3v) is 7.56. The third-order valence-electron chi connectivity index (χ3n) is 7.56. The van der Waals surface area contributed by atoms with Crippen LogP contribution in [0.5, 0.6) is 0 Å². The van der Waals surface area contributed by atoms with Crippen molar-refractivity contribution in [3.05, 3.63) is 40.7 Å². The lowest BCUT2D eigenvalue weighted by Gasteiger charge is -2.33. The molecule has 0 bridgehead atoms. The highest BCUT2D eigenvalue weighted by atomic mass is 16.5. The molecule has 3 aliphatic rings. The number of hydrogen-bond donors (Lipinski definition) is 1. The van der Waals surface area contributed by atoms with E-state index < -0.39 is 6.03 Å². The average molecular weight is 533 g/mol. The summed E-state index contributed by atoms with van der Waals surface area (Å²) in [6.07, 6.45) is 4.52. The van der Waals surface area contributed by atoms with Gasteiger partial charge < -0.3 is 14.5 Å². The van der Waals surface area contributed by atoms with Crippen molar-refractivity contribution in [2.24, 2.45) is 0 Å². The van der Waals surface area contributed by atoms with Gasteiger partial charge in [-0.25, -0.2) is 14.8 Å². The molecule has 2 aromatic rings. The van der Waals surface area contributed by atoms with E-state index in [1.54, 1.807) is 18.1 Å². The van der Waals surface area contributed by atoms with Gasteiger partial charge in [-0.3, -0.25) is 24.7 Å². The summed E-state index contributed by atoms with van der Waals surface area (Å²) in [4.78, 5) is 54.0. The Kier molecular flexibility index (Phi) is 7.72. The maximum Gasteiger partial charge on any atom is 0.328 e. The molecule has 0 spiro atoms. The molecule has 12 heteroatoms. The van der Waals surface area contributed by atoms with Crippen molar-refractivity contribution in [3.63, 3.8) is 0 Å². The molecule has 5 heterocycles. The van der Waals surface area contributed by atoms with Gasteiger partial charge in [0.15, 0.2) is 6.29 Å². The largest absolute Gasteiger partial charge is 0.380 e. The fraction of sp³-hybridized carbons (Fsp3) is 0.481. The number of ether oxygens (including phenoxy) is 1. The number of rotatable bonds is 6. The van der Waals surface area contributed by atoms with E-state index in [9.17, 15) is 19.6 Å². The predicted molar refractivity (Wildman–Crippen MR) is 144 cm³/mol. The van der Waals surface area contributed by atoms with Gasteiger partial charge in [0.05, 0.1) is 23.9 Å². The summed E-state index contributed by atoms with van der Waals surface area (Å²) in [5.74, 6) is 0.772. The Hall–Kier alpha value is -4.08. The SMILES string of the molecule is CO[C@@H]1CCN(c2cc(NC(=O)N3CCCc4cc(CN5CCN(C)CC5=O)c(C=O)nc43)ncc2C#N)C1. The molecule has 0 radical (unpaired) electrons. The number of aromatic nitrogens is 2. The van der Waals surface area contributed by atoms with E-state index in [1.807, 2.05) is 18.0 Å². The average Bonchev–Trinajstić information content (AvgIpc) is 3.43. The Morgan fingerprint density at radius 1 is 1.28 bits per heavy atom. The number of anilines is 3. The van der Waals surface area contributed by atoms with Crippen LogP contribution in [0.2, 0.25) is 0 Å².